The second kappa shape index (κ2) is 11.5. The molecule has 2 aromatic carbocycles. The van der Waals surface area contributed by atoms with Crippen LogP contribution < -0.4 is 10.2 Å². The van der Waals surface area contributed by atoms with Gasteiger partial charge in [-0.3, -0.25) is 9.69 Å². The molecular weight excluding hydrogens is 482 g/mol. The number of amides is 1. The van der Waals surface area contributed by atoms with Gasteiger partial charge in [0.2, 0.25) is 11.8 Å². The Hall–Kier alpha value is -2.55. The molecule has 1 aliphatic heterocycles. The number of piperazine rings is 1. The summed E-state index contributed by atoms with van der Waals surface area (Å²) in [5, 5.41) is 12.1. The molecule has 0 unspecified atom stereocenters. The van der Waals surface area contributed by atoms with Crippen LogP contribution in [0.2, 0.25) is 5.02 Å². The highest BCUT2D eigenvalue weighted by atomic mass is 35.5. The molecule has 9 heteroatoms. The molecule has 35 heavy (non-hydrogen) atoms. The van der Waals surface area contributed by atoms with E-state index in [0.29, 0.717) is 16.1 Å². The number of anilines is 2. The first-order valence-electron chi connectivity index (χ1n) is 12.3. The molecule has 1 saturated heterocycles. The Morgan fingerprint density at radius 1 is 1.03 bits per heavy atom. The second-order valence-electron chi connectivity index (χ2n) is 9.05. The van der Waals surface area contributed by atoms with Gasteiger partial charge in [0.15, 0.2) is 0 Å². The van der Waals surface area contributed by atoms with Crippen LogP contribution in [0.25, 0.3) is 11.5 Å². The summed E-state index contributed by atoms with van der Waals surface area (Å²) in [7, 11) is 0. The highest BCUT2D eigenvalue weighted by Crippen LogP contribution is 2.30. The number of nitrogens with zero attached hydrogens (tertiary/aromatic N) is 4. The zero-order valence-corrected chi connectivity index (χ0v) is 21.2. The largest absolute Gasteiger partial charge is 0.411 e. The summed E-state index contributed by atoms with van der Waals surface area (Å²) in [6.07, 6.45) is 6.79. The second-order valence-corrected chi connectivity index (χ2v) is 10.4. The zero-order valence-electron chi connectivity index (χ0n) is 19.7. The van der Waals surface area contributed by atoms with Gasteiger partial charge in [-0.15, -0.1) is 10.2 Å². The fraction of sp³-hybridized carbons (Fsp3) is 0.423. The van der Waals surface area contributed by atoms with E-state index in [9.17, 15) is 4.79 Å². The van der Waals surface area contributed by atoms with Gasteiger partial charge in [0.25, 0.3) is 5.22 Å². The van der Waals surface area contributed by atoms with E-state index < -0.39 is 0 Å². The van der Waals surface area contributed by atoms with E-state index in [1.165, 1.54) is 43.9 Å². The normalized spacial score (nSPS) is 17.5. The Morgan fingerprint density at radius 2 is 1.83 bits per heavy atom. The summed E-state index contributed by atoms with van der Waals surface area (Å²) in [5.41, 5.74) is 2.67. The van der Waals surface area contributed by atoms with Crippen molar-refractivity contribution in [2.75, 3.05) is 42.1 Å². The minimum absolute atomic E-state index is 0.106. The van der Waals surface area contributed by atoms with Crippen molar-refractivity contribution in [1.82, 2.24) is 15.1 Å². The number of hydrogen-bond acceptors (Lipinski definition) is 7. The molecule has 1 aromatic heterocycles. The number of carbonyl (C=O) groups excluding carboxylic acids is 1. The topological polar surface area (TPSA) is 74.5 Å². The minimum Gasteiger partial charge on any atom is -0.411 e. The first kappa shape index (κ1) is 24.2. The lowest BCUT2D eigenvalue weighted by atomic mass is 9.94. The number of para-hydroxylation sites is 2. The van der Waals surface area contributed by atoms with Crippen LogP contribution in [0.4, 0.5) is 11.4 Å². The molecule has 3 aromatic rings. The average Bonchev–Trinajstić information content (AvgIpc) is 3.38. The molecule has 0 spiro atoms. The van der Waals surface area contributed by atoms with Gasteiger partial charge in [-0.05, 0) is 43.2 Å². The summed E-state index contributed by atoms with van der Waals surface area (Å²) in [5.74, 6) is 0.458. The SMILES string of the molecule is O=C(CSc1nnc(-c2cccc(Cl)c2)o1)Nc1ccccc1N1CCN(C2CCCCC2)CC1. The maximum absolute atomic E-state index is 12.7. The van der Waals surface area contributed by atoms with Crippen LogP contribution in [-0.4, -0.2) is 59.0 Å². The Kier molecular flexibility index (Phi) is 7.91. The first-order valence-corrected chi connectivity index (χ1v) is 13.6. The van der Waals surface area contributed by atoms with E-state index >= 15 is 0 Å². The van der Waals surface area contributed by atoms with Gasteiger partial charge in [0, 0.05) is 42.8 Å². The number of rotatable bonds is 7. The fourth-order valence-electron chi connectivity index (χ4n) is 4.95. The van der Waals surface area contributed by atoms with Crippen LogP contribution in [0.1, 0.15) is 32.1 Å². The third-order valence-corrected chi connectivity index (χ3v) is 7.78. The summed E-state index contributed by atoms with van der Waals surface area (Å²) < 4.78 is 5.69. The Morgan fingerprint density at radius 3 is 2.63 bits per heavy atom. The summed E-state index contributed by atoms with van der Waals surface area (Å²) in [6.45, 7) is 4.11. The number of carbonyl (C=O) groups is 1. The molecule has 2 fully saturated rings. The van der Waals surface area contributed by atoms with Crippen molar-refractivity contribution in [3.63, 3.8) is 0 Å². The lowest BCUT2D eigenvalue weighted by molar-refractivity contribution is -0.113. The quantitative estimate of drug-likeness (QED) is 0.415. The van der Waals surface area contributed by atoms with Crippen molar-refractivity contribution in [3.05, 3.63) is 53.6 Å². The van der Waals surface area contributed by atoms with Crippen molar-refractivity contribution >= 4 is 40.6 Å². The molecule has 7 nitrogen and oxygen atoms in total. The van der Waals surface area contributed by atoms with Gasteiger partial charge in [0.05, 0.1) is 17.1 Å². The van der Waals surface area contributed by atoms with Crippen LogP contribution in [-0.2, 0) is 4.79 Å². The standard InChI is InChI=1S/C26H30ClN5O2S/c27-20-8-6-7-19(17-20)25-29-30-26(34-25)35-18-24(33)28-22-11-4-5-12-23(22)32-15-13-31(14-16-32)21-9-2-1-3-10-21/h4-8,11-12,17,21H,1-3,9-10,13-16,18H2,(H,28,33). The first-order chi connectivity index (χ1) is 17.2. The minimum atomic E-state index is -0.106. The van der Waals surface area contributed by atoms with Crippen LogP contribution in [0.5, 0.6) is 0 Å². The van der Waals surface area contributed by atoms with Crippen LogP contribution >= 0.6 is 23.4 Å². The lowest BCUT2D eigenvalue weighted by Crippen LogP contribution is -2.51. The van der Waals surface area contributed by atoms with Gasteiger partial charge in [0.1, 0.15) is 0 Å². The highest BCUT2D eigenvalue weighted by molar-refractivity contribution is 7.99. The van der Waals surface area contributed by atoms with Crippen molar-refractivity contribution < 1.29 is 9.21 Å². The molecule has 2 aliphatic rings. The Bertz CT molecular complexity index is 1140. The van der Waals surface area contributed by atoms with Gasteiger partial charge in [-0.25, -0.2) is 0 Å². The van der Waals surface area contributed by atoms with Crippen molar-refractivity contribution in [2.24, 2.45) is 0 Å². The van der Waals surface area contributed by atoms with Gasteiger partial charge in [-0.1, -0.05) is 60.8 Å². The third-order valence-electron chi connectivity index (χ3n) is 6.73. The fourth-order valence-corrected chi connectivity index (χ4v) is 5.70. The highest BCUT2D eigenvalue weighted by Gasteiger charge is 2.26. The van der Waals surface area contributed by atoms with E-state index in [0.717, 1.165) is 49.2 Å². The van der Waals surface area contributed by atoms with E-state index in [1.54, 1.807) is 12.1 Å². The van der Waals surface area contributed by atoms with E-state index in [2.05, 4.69) is 31.4 Å². The van der Waals surface area contributed by atoms with Crippen LogP contribution in [0, 0.1) is 0 Å². The summed E-state index contributed by atoms with van der Waals surface area (Å²) in [6, 6.07) is 16.0. The van der Waals surface area contributed by atoms with Gasteiger partial charge >= 0.3 is 0 Å². The molecule has 1 saturated carbocycles. The Balaban J connectivity index is 1.15. The smallest absolute Gasteiger partial charge is 0.277 e. The predicted octanol–water partition coefficient (Wildman–Crippen LogP) is 5.58. The van der Waals surface area contributed by atoms with Crippen LogP contribution in [0.15, 0.2) is 58.2 Å². The maximum atomic E-state index is 12.7. The van der Waals surface area contributed by atoms with Crippen LogP contribution in [0.3, 0.4) is 0 Å². The molecular formula is C26H30ClN5O2S. The number of aromatic nitrogens is 2. The zero-order chi connectivity index (χ0) is 24.0. The van der Waals surface area contributed by atoms with E-state index in [1.807, 2.05) is 30.3 Å². The molecule has 2 heterocycles. The predicted molar refractivity (Wildman–Crippen MR) is 141 cm³/mol. The average molecular weight is 512 g/mol. The van der Waals surface area contributed by atoms with Gasteiger partial charge in [-0.2, -0.15) is 0 Å². The van der Waals surface area contributed by atoms with Crippen molar-refractivity contribution in [3.8, 4) is 11.5 Å². The molecule has 0 bridgehead atoms. The number of benzene rings is 2. The molecule has 1 aliphatic carbocycles. The van der Waals surface area contributed by atoms with Crippen molar-refractivity contribution in [1.29, 1.82) is 0 Å². The summed E-state index contributed by atoms with van der Waals surface area (Å²) in [4.78, 5) is 17.8. The third kappa shape index (κ3) is 6.18. The lowest BCUT2D eigenvalue weighted by Gasteiger charge is -2.42. The molecule has 1 amide bonds. The van der Waals surface area contributed by atoms with Gasteiger partial charge < -0.3 is 14.6 Å². The molecule has 0 radical (unpaired) electrons. The summed E-state index contributed by atoms with van der Waals surface area (Å²) >= 11 is 7.26. The molecule has 184 valence electrons. The molecule has 5 rings (SSSR count). The maximum Gasteiger partial charge on any atom is 0.277 e. The number of thioether (sulfide) groups is 1. The van der Waals surface area contributed by atoms with E-state index in [-0.39, 0.29) is 11.7 Å². The number of nitrogens with one attached hydrogen (secondary N) is 1. The molecule has 0 atom stereocenters. The van der Waals surface area contributed by atoms with Crippen molar-refractivity contribution in [2.45, 2.75) is 43.4 Å². The number of halogens is 1. The molecule has 1 N–H and O–H groups in total. The Labute approximate surface area is 215 Å². The number of hydrogen-bond donors (Lipinski definition) is 1. The monoisotopic (exact) mass is 511 g/mol. The van der Waals surface area contributed by atoms with E-state index in [4.69, 9.17) is 16.0 Å².